The molecule has 0 saturated carbocycles. The quantitative estimate of drug-likeness (QED) is 0.814. The van der Waals surface area contributed by atoms with Gasteiger partial charge in [0, 0.05) is 9.50 Å². The van der Waals surface area contributed by atoms with Gasteiger partial charge in [0.2, 0.25) is 6.10 Å². The topological polar surface area (TPSA) is 75.6 Å². The zero-order valence-corrected chi connectivity index (χ0v) is 12.3. The average Bonchev–Trinajstić information content (AvgIpc) is 2.29. The Morgan fingerprint density at radius 3 is 2.63 bits per heavy atom. The number of amides is 1. The Bertz CT molecular complexity index is 518. The van der Waals surface area contributed by atoms with Crippen molar-refractivity contribution in [3.63, 3.8) is 0 Å². The van der Waals surface area contributed by atoms with Crippen molar-refractivity contribution in [3.05, 3.63) is 39.8 Å². The van der Waals surface area contributed by atoms with Gasteiger partial charge in [-0.25, -0.2) is 9.59 Å². The summed E-state index contributed by atoms with van der Waals surface area (Å²) in [4.78, 5) is 22.4. The molecule has 5 nitrogen and oxygen atoms in total. The maximum atomic E-state index is 11.6. The first-order valence-corrected chi connectivity index (χ1v) is 6.29. The van der Waals surface area contributed by atoms with Crippen molar-refractivity contribution >= 4 is 45.3 Å². The van der Waals surface area contributed by atoms with Crippen LogP contribution in [0, 0.1) is 0 Å². The second kappa shape index (κ2) is 6.58. The standard InChI is InChI=1S/C12H11BrClNO4/c1-6(2)10(11(16)17)19-12(18)15-9-4-3-7(14)5-8(9)13/h3-5,10H,1H2,2H3,(H,15,18)(H,16,17). The molecule has 2 N–H and O–H groups in total. The summed E-state index contributed by atoms with van der Waals surface area (Å²) in [6.07, 6.45) is -2.27. The van der Waals surface area contributed by atoms with Gasteiger partial charge in [-0.05, 0) is 46.6 Å². The summed E-state index contributed by atoms with van der Waals surface area (Å²) in [5.41, 5.74) is 0.637. The summed E-state index contributed by atoms with van der Waals surface area (Å²) in [6.45, 7) is 4.92. The van der Waals surface area contributed by atoms with Crippen molar-refractivity contribution in [2.24, 2.45) is 0 Å². The zero-order chi connectivity index (χ0) is 14.6. The van der Waals surface area contributed by atoms with Crippen LogP contribution in [0.25, 0.3) is 0 Å². The van der Waals surface area contributed by atoms with Crippen LogP contribution in [0.3, 0.4) is 0 Å². The van der Waals surface area contributed by atoms with Crippen LogP contribution in [0.1, 0.15) is 6.92 Å². The lowest BCUT2D eigenvalue weighted by Crippen LogP contribution is -2.30. The Kier molecular flexibility index (Phi) is 5.38. The highest BCUT2D eigenvalue weighted by Gasteiger charge is 2.23. The second-order valence-corrected chi connectivity index (χ2v) is 5.01. The Hall–Kier alpha value is -1.53. The van der Waals surface area contributed by atoms with Crippen LogP contribution in [0.2, 0.25) is 5.02 Å². The molecule has 1 unspecified atom stereocenters. The zero-order valence-electron chi connectivity index (χ0n) is 9.94. The fourth-order valence-corrected chi connectivity index (χ4v) is 1.98. The number of nitrogens with one attached hydrogen (secondary N) is 1. The molecule has 0 radical (unpaired) electrons. The molecule has 0 aliphatic carbocycles. The minimum Gasteiger partial charge on any atom is -0.478 e. The maximum absolute atomic E-state index is 11.6. The van der Waals surface area contributed by atoms with E-state index < -0.39 is 18.2 Å². The second-order valence-electron chi connectivity index (χ2n) is 3.72. The molecule has 0 heterocycles. The van der Waals surface area contributed by atoms with Gasteiger partial charge in [-0.3, -0.25) is 5.32 Å². The van der Waals surface area contributed by atoms with Gasteiger partial charge < -0.3 is 9.84 Å². The fraction of sp³-hybridized carbons (Fsp3) is 0.167. The third-order valence-electron chi connectivity index (χ3n) is 2.06. The predicted octanol–water partition coefficient (Wildman–Crippen LogP) is 3.68. The Balaban J connectivity index is 2.74. The molecule has 0 aromatic heterocycles. The summed E-state index contributed by atoms with van der Waals surface area (Å²) < 4.78 is 5.31. The van der Waals surface area contributed by atoms with E-state index in [1.54, 1.807) is 18.2 Å². The van der Waals surface area contributed by atoms with E-state index in [0.717, 1.165) is 0 Å². The average molecular weight is 349 g/mol. The number of benzene rings is 1. The highest BCUT2D eigenvalue weighted by Crippen LogP contribution is 2.26. The van der Waals surface area contributed by atoms with Crippen molar-refractivity contribution in [1.82, 2.24) is 0 Å². The minimum absolute atomic E-state index is 0.220. The molecule has 1 amide bonds. The van der Waals surface area contributed by atoms with Gasteiger partial charge in [0.1, 0.15) is 0 Å². The van der Waals surface area contributed by atoms with E-state index in [9.17, 15) is 9.59 Å². The van der Waals surface area contributed by atoms with Crippen molar-refractivity contribution in [2.45, 2.75) is 13.0 Å². The van der Waals surface area contributed by atoms with Crippen LogP contribution in [-0.4, -0.2) is 23.3 Å². The molecule has 1 atom stereocenters. The number of carbonyl (C=O) groups is 2. The van der Waals surface area contributed by atoms with E-state index >= 15 is 0 Å². The number of rotatable bonds is 4. The number of hydrogen-bond donors (Lipinski definition) is 2. The molecule has 1 rings (SSSR count). The molecule has 0 aliphatic rings. The van der Waals surface area contributed by atoms with E-state index in [2.05, 4.69) is 27.8 Å². The van der Waals surface area contributed by atoms with Gasteiger partial charge in [0.05, 0.1) is 5.69 Å². The summed E-state index contributed by atoms with van der Waals surface area (Å²) in [5.74, 6) is -1.28. The molecule has 1 aromatic carbocycles. The van der Waals surface area contributed by atoms with E-state index in [4.69, 9.17) is 21.4 Å². The Morgan fingerprint density at radius 2 is 2.16 bits per heavy atom. The van der Waals surface area contributed by atoms with Crippen molar-refractivity contribution in [1.29, 1.82) is 0 Å². The van der Waals surface area contributed by atoms with E-state index in [0.29, 0.717) is 15.2 Å². The number of hydrogen-bond acceptors (Lipinski definition) is 3. The number of halogens is 2. The van der Waals surface area contributed by atoms with Crippen LogP contribution in [-0.2, 0) is 9.53 Å². The molecule has 0 aliphatic heterocycles. The van der Waals surface area contributed by atoms with Gasteiger partial charge >= 0.3 is 12.1 Å². The number of carboxylic acid groups (broad SMARTS) is 1. The van der Waals surface area contributed by atoms with Gasteiger partial charge in [-0.2, -0.15) is 0 Å². The molecule has 102 valence electrons. The lowest BCUT2D eigenvalue weighted by Gasteiger charge is -2.14. The van der Waals surface area contributed by atoms with E-state index in [1.807, 2.05) is 0 Å². The highest BCUT2D eigenvalue weighted by molar-refractivity contribution is 9.10. The van der Waals surface area contributed by atoms with Gasteiger partial charge in [-0.1, -0.05) is 18.2 Å². The minimum atomic E-state index is -1.38. The molecule has 19 heavy (non-hydrogen) atoms. The Morgan fingerprint density at radius 1 is 1.53 bits per heavy atom. The number of anilines is 1. The smallest absolute Gasteiger partial charge is 0.412 e. The van der Waals surface area contributed by atoms with Gasteiger partial charge in [0.15, 0.2) is 0 Å². The molecular weight excluding hydrogens is 337 g/mol. The van der Waals surface area contributed by atoms with Crippen LogP contribution >= 0.6 is 27.5 Å². The third-order valence-corrected chi connectivity index (χ3v) is 2.96. The van der Waals surface area contributed by atoms with Crippen LogP contribution in [0.15, 0.2) is 34.8 Å². The molecule has 0 saturated heterocycles. The van der Waals surface area contributed by atoms with Crippen LogP contribution < -0.4 is 5.32 Å². The first-order valence-electron chi connectivity index (χ1n) is 5.12. The molecule has 0 bridgehead atoms. The molecule has 1 aromatic rings. The fourth-order valence-electron chi connectivity index (χ4n) is 1.20. The number of ether oxygens (including phenoxy) is 1. The number of carboxylic acids is 1. The van der Waals surface area contributed by atoms with Crippen molar-refractivity contribution < 1.29 is 19.4 Å². The van der Waals surface area contributed by atoms with Crippen molar-refractivity contribution in [3.8, 4) is 0 Å². The summed E-state index contributed by atoms with van der Waals surface area (Å²) in [7, 11) is 0. The predicted molar refractivity (Wildman–Crippen MR) is 75.5 cm³/mol. The van der Waals surface area contributed by atoms with E-state index in [-0.39, 0.29) is 5.57 Å². The molecule has 0 spiro atoms. The maximum Gasteiger partial charge on any atom is 0.412 e. The number of aliphatic carboxylic acids is 1. The highest BCUT2D eigenvalue weighted by atomic mass is 79.9. The summed E-state index contributed by atoms with van der Waals surface area (Å²) in [5, 5.41) is 11.8. The normalized spacial score (nSPS) is 11.5. The first-order chi connectivity index (χ1) is 8.81. The molecule has 0 fully saturated rings. The SMILES string of the molecule is C=C(C)C(OC(=O)Nc1ccc(Cl)cc1Br)C(=O)O. The monoisotopic (exact) mass is 347 g/mol. The number of carbonyl (C=O) groups excluding carboxylic acids is 1. The van der Waals surface area contributed by atoms with Gasteiger partial charge in [-0.15, -0.1) is 0 Å². The van der Waals surface area contributed by atoms with E-state index in [1.165, 1.54) is 6.92 Å². The van der Waals surface area contributed by atoms with Crippen LogP contribution in [0.5, 0.6) is 0 Å². The van der Waals surface area contributed by atoms with Crippen LogP contribution in [0.4, 0.5) is 10.5 Å². The lowest BCUT2D eigenvalue weighted by molar-refractivity contribution is -0.144. The molecule has 7 heteroatoms. The summed E-state index contributed by atoms with van der Waals surface area (Å²) >= 11 is 8.97. The first kappa shape index (κ1) is 15.5. The van der Waals surface area contributed by atoms with Gasteiger partial charge in [0.25, 0.3) is 0 Å². The van der Waals surface area contributed by atoms with Crippen molar-refractivity contribution in [2.75, 3.05) is 5.32 Å². The third kappa shape index (κ3) is 4.57. The largest absolute Gasteiger partial charge is 0.478 e. The molecular formula is C12H11BrClNO4. The lowest BCUT2D eigenvalue weighted by atomic mass is 10.2. The Labute approximate surface area is 123 Å². The summed E-state index contributed by atoms with van der Waals surface area (Å²) in [6, 6.07) is 4.73.